The number of piperidine rings is 1. The summed E-state index contributed by atoms with van der Waals surface area (Å²) in [5.74, 6) is 1.38. The second-order valence-electron chi connectivity index (χ2n) is 9.19. The van der Waals surface area contributed by atoms with Crippen molar-refractivity contribution in [2.24, 2.45) is 16.3 Å². The van der Waals surface area contributed by atoms with E-state index in [2.05, 4.69) is 74.3 Å². The van der Waals surface area contributed by atoms with Gasteiger partial charge in [0.15, 0.2) is 0 Å². The number of nitrogens with one attached hydrogen (secondary N) is 1. The molecule has 158 valence electrons. The van der Waals surface area contributed by atoms with Crippen molar-refractivity contribution in [2.75, 3.05) is 32.0 Å². The van der Waals surface area contributed by atoms with Crippen molar-refractivity contribution in [1.29, 1.82) is 0 Å². The van der Waals surface area contributed by atoms with E-state index in [1.54, 1.807) is 5.57 Å². The van der Waals surface area contributed by atoms with E-state index < -0.39 is 0 Å². The van der Waals surface area contributed by atoms with Crippen LogP contribution < -0.4 is 15.8 Å². The average Bonchev–Trinajstić information content (AvgIpc) is 2.71. The molecule has 3 heterocycles. The van der Waals surface area contributed by atoms with Gasteiger partial charge in [-0.2, -0.15) is 0 Å². The third-order valence-electron chi connectivity index (χ3n) is 6.65. The second kappa shape index (κ2) is 9.25. The number of hydrogen-bond acceptors (Lipinski definition) is 4. The molecule has 0 spiro atoms. The van der Waals surface area contributed by atoms with Crippen LogP contribution >= 0.6 is 0 Å². The number of anilines is 1. The van der Waals surface area contributed by atoms with Gasteiger partial charge in [0.25, 0.3) is 0 Å². The summed E-state index contributed by atoms with van der Waals surface area (Å²) in [6.45, 7) is 14.9. The number of rotatable bonds is 5. The smallest absolute Gasteiger partial charge is 0.126 e. The fourth-order valence-corrected chi connectivity index (χ4v) is 4.56. The van der Waals surface area contributed by atoms with Gasteiger partial charge in [-0.15, -0.1) is 0 Å². The molecule has 1 aromatic rings. The molecule has 2 aliphatic heterocycles. The van der Waals surface area contributed by atoms with Crippen molar-refractivity contribution in [3.63, 3.8) is 0 Å². The summed E-state index contributed by atoms with van der Waals surface area (Å²) >= 11 is 0. The number of likely N-dealkylation sites (tertiary alicyclic amines) is 1. The van der Waals surface area contributed by atoms with E-state index in [0.29, 0.717) is 12.0 Å². The Labute approximate surface area is 176 Å². The largest absolute Gasteiger partial charge is 0.373 e. The van der Waals surface area contributed by atoms with Crippen molar-refractivity contribution in [3.05, 3.63) is 33.8 Å². The monoisotopic (exact) mass is 394 g/mol. The summed E-state index contributed by atoms with van der Waals surface area (Å²) in [5, 5.41) is 5.56. The minimum atomic E-state index is -0.104. The lowest BCUT2D eigenvalue weighted by Gasteiger charge is -2.37. The Kier molecular flexibility index (Phi) is 6.94. The van der Waals surface area contributed by atoms with Gasteiger partial charge in [-0.3, -0.25) is 9.89 Å². The summed E-state index contributed by atoms with van der Waals surface area (Å²) in [6.07, 6.45) is 12.7. The second-order valence-corrected chi connectivity index (χ2v) is 9.19. The van der Waals surface area contributed by atoms with E-state index in [-0.39, 0.29) is 5.41 Å². The number of nitrogens with zero attached hydrogens (tertiary/aromatic N) is 3. The highest BCUT2D eigenvalue weighted by Gasteiger charge is 2.31. The first-order chi connectivity index (χ1) is 13.9. The minimum Gasteiger partial charge on any atom is -0.373 e. The van der Waals surface area contributed by atoms with Crippen LogP contribution in [0.1, 0.15) is 53.9 Å². The highest BCUT2D eigenvalue weighted by Crippen LogP contribution is 2.36. The lowest BCUT2D eigenvalue weighted by molar-refractivity contribution is 0.237. The number of aromatic nitrogens is 1. The average molecular weight is 395 g/mol. The van der Waals surface area contributed by atoms with Crippen molar-refractivity contribution in [3.8, 4) is 0 Å². The van der Waals surface area contributed by atoms with E-state index in [0.717, 1.165) is 12.4 Å². The molecule has 0 saturated carbocycles. The summed E-state index contributed by atoms with van der Waals surface area (Å²) in [5.41, 5.74) is 2.85. The summed E-state index contributed by atoms with van der Waals surface area (Å²) in [6, 6.07) is 2.50. The Hall–Kier alpha value is -1.94. The molecule has 2 aliphatic rings. The fourth-order valence-electron chi connectivity index (χ4n) is 4.56. The standard InChI is InChI=1S/C25H38N4/c1-7-20-15-28-24(26-6)13-21(20)14-25(4,5)23-16-27-19(3)18(2)22(23)17-29-11-9-8-10-12-29/h7,13-16,18-19,26H,8-12,17H2,1-6H3/b20-7-,21-14-. The highest BCUT2D eigenvalue weighted by atomic mass is 15.1. The highest BCUT2D eigenvalue weighted by molar-refractivity contribution is 5.85. The molecule has 4 nitrogen and oxygen atoms in total. The molecule has 0 amide bonds. The molecule has 2 atom stereocenters. The van der Waals surface area contributed by atoms with Gasteiger partial charge in [-0.1, -0.05) is 39.3 Å². The molecule has 0 aromatic carbocycles. The Morgan fingerprint density at radius 1 is 1.17 bits per heavy atom. The van der Waals surface area contributed by atoms with Crippen LogP contribution in [0.2, 0.25) is 0 Å². The lowest BCUT2D eigenvalue weighted by atomic mass is 9.75. The zero-order valence-electron chi connectivity index (χ0n) is 19.1. The third kappa shape index (κ3) is 4.98. The molecule has 1 fully saturated rings. The zero-order valence-corrected chi connectivity index (χ0v) is 19.1. The van der Waals surface area contributed by atoms with Crippen LogP contribution in [0.5, 0.6) is 0 Å². The van der Waals surface area contributed by atoms with Gasteiger partial charge in [0.1, 0.15) is 5.82 Å². The Morgan fingerprint density at radius 2 is 1.90 bits per heavy atom. The van der Waals surface area contributed by atoms with Crippen molar-refractivity contribution < 1.29 is 0 Å². The molecule has 2 unspecified atom stereocenters. The Morgan fingerprint density at radius 3 is 2.55 bits per heavy atom. The van der Waals surface area contributed by atoms with Gasteiger partial charge in [-0.05, 0) is 67.4 Å². The zero-order chi connectivity index (χ0) is 21.0. The number of allylic oxidation sites excluding steroid dienone is 1. The van der Waals surface area contributed by atoms with E-state index in [1.807, 2.05) is 13.2 Å². The molecule has 0 aliphatic carbocycles. The van der Waals surface area contributed by atoms with E-state index >= 15 is 0 Å². The maximum Gasteiger partial charge on any atom is 0.126 e. The van der Waals surface area contributed by atoms with E-state index in [9.17, 15) is 0 Å². The Bertz CT molecular complexity index is 888. The van der Waals surface area contributed by atoms with E-state index in [4.69, 9.17) is 4.99 Å². The van der Waals surface area contributed by atoms with Gasteiger partial charge in [-0.25, -0.2) is 4.98 Å². The van der Waals surface area contributed by atoms with Crippen molar-refractivity contribution in [2.45, 2.75) is 59.9 Å². The summed E-state index contributed by atoms with van der Waals surface area (Å²) in [4.78, 5) is 12.0. The molecule has 1 aromatic heterocycles. The molecule has 1 saturated heterocycles. The van der Waals surface area contributed by atoms with Gasteiger partial charge in [0, 0.05) is 37.3 Å². The van der Waals surface area contributed by atoms with Gasteiger partial charge in [0.05, 0.1) is 6.04 Å². The first-order valence-electron chi connectivity index (χ1n) is 11.2. The van der Waals surface area contributed by atoms with Gasteiger partial charge >= 0.3 is 0 Å². The van der Waals surface area contributed by atoms with Crippen LogP contribution in [-0.2, 0) is 0 Å². The topological polar surface area (TPSA) is 40.5 Å². The molecular formula is C25H38N4. The van der Waals surface area contributed by atoms with Gasteiger partial charge < -0.3 is 5.32 Å². The SMILES string of the molecule is C/C=c1/cnc(NC)c/c1=C/C(C)(C)C1=C(CN2CCCCC2)C(C)C(C)N=C1. The van der Waals surface area contributed by atoms with Crippen molar-refractivity contribution in [1.82, 2.24) is 9.88 Å². The van der Waals surface area contributed by atoms with Crippen LogP contribution in [0.3, 0.4) is 0 Å². The van der Waals surface area contributed by atoms with Crippen LogP contribution in [0, 0.1) is 11.3 Å². The van der Waals surface area contributed by atoms with E-state index in [1.165, 1.54) is 48.4 Å². The molecule has 1 N–H and O–H groups in total. The minimum absolute atomic E-state index is 0.104. The predicted octanol–water partition coefficient (Wildman–Crippen LogP) is 3.62. The summed E-state index contributed by atoms with van der Waals surface area (Å²) in [7, 11) is 1.92. The number of hydrogen-bond donors (Lipinski definition) is 1. The van der Waals surface area contributed by atoms with Crippen LogP contribution in [-0.4, -0.2) is 48.8 Å². The van der Waals surface area contributed by atoms with Crippen molar-refractivity contribution >= 4 is 24.2 Å². The van der Waals surface area contributed by atoms with Crippen LogP contribution in [0.15, 0.2) is 28.4 Å². The Balaban J connectivity index is 2.07. The van der Waals surface area contributed by atoms with Gasteiger partial charge in [0.2, 0.25) is 0 Å². The molecule has 4 heteroatoms. The molecule has 0 radical (unpaired) electrons. The fraction of sp³-hybridized carbons (Fsp3) is 0.600. The molecule has 0 bridgehead atoms. The molecular weight excluding hydrogens is 356 g/mol. The maximum absolute atomic E-state index is 4.87. The first kappa shape index (κ1) is 21.8. The number of dihydropyridines is 1. The van der Waals surface area contributed by atoms with Crippen LogP contribution in [0.25, 0.3) is 12.2 Å². The third-order valence-corrected chi connectivity index (χ3v) is 6.65. The normalized spacial score (nSPS) is 25.0. The maximum atomic E-state index is 4.87. The predicted molar refractivity (Wildman–Crippen MR) is 126 cm³/mol. The lowest BCUT2D eigenvalue weighted by Crippen LogP contribution is -2.37. The molecule has 29 heavy (non-hydrogen) atoms. The first-order valence-corrected chi connectivity index (χ1v) is 11.2. The number of aliphatic imine (C=N–C) groups is 1. The number of pyridine rings is 1. The summed E-state index contributed by atoms with van der Waals surface area (Å²) < 4.78 is 0. The molecule has 3 rings (SSSR count). The van der Waals surface area contributed by atoms with Crippen LogP contribution in [0.4, 0.5) is 5.82 Å². The quantitative estimate of drug-likeness (QED) is 0.829.